The summed E-state index contributed by atoms with van der Waals surface area (Å²) in [5, 5.41) is 16.5. The van der Waals surface area contributed by atoms with E-state index in [1.54, 1.807) is 17.9 Å². The van der Waals surface area contributed by atoms with Crippen LogP contribution >= 0.6 is 0 Å². The van der Waals surface area contributed by atoms with Gasteiger partial charge in [-0.25, -0.2) is 0 Å². The largest absolute Gasteiger partial charge is 0.495 e. The van der Waals surface area contributed by atoms with Crippen molar-refractivity contribution < 1.29 is 4.74 Å². The highest BCUT2D eigenvalue weighted by Gasteiger charge is 2.03. The average Bonchev–Trinajstić information content (AvgIpc) is 2.84. The van der Waals surface area contributed by atoms with Gasteiger partial charge in [0.15, 0.2) is 0 Å². The molecule has 0 saturated carbocycles. The predicted molar refractivity (Wildman–Crippen MR) is 71.5 cm³/mol. The Morgan fingerprint density at radius 3 is 2.84 bits per heavy atom. The molecule has 1 aromatic carbocycles. The molecule has 1 aromatic heterocycles. The summed E-state index contributed by atoms with van der Waals surface area (Å²) < 4.78 is 6.96. The fraction of sp³-hybridized carbons (Fsp3) is 0.286. The Bertz CT molecular complexity index is 598. The smallest absolute Gasteiger partial charge is 0.136 e. The predicted octanol–water partition coefficient (Wildman–Crippen LogP) is 1.59. The van der Waals surface area contributed by atoms with Crippen LogP contribution in [-0.4, -0.2) is 16.9 Å². The molecule has 0 spiro atoms. The summed E-state index contributed by atoms with van der Waals surface area (Å²) in [7, 11) is 3.47. The second-order valence-electron chi connectivity index (χ2n) is 4.23. The first-order chi connectivity index (χ1) is 9.22. The molecule has 1 N–H and O–H groups in total. The van der Waals surface area contributed by atoms with E-state index < -0.39 is 0 Å². The van der Waals surface area contributed by atoms with Crippen molar-refractivity contribution in [3.05, 3.63) is 47.3 Å². The van der Waals surface area contributed by atoms with Gasteiger partial charge in [-0.3, -0.25) is 4.68 Å². The van der Waals surface area contributed by atoms with Gasteiger partial charge in [0.2, 0.25) is 0 Å². The molecule has 0 aliphatic carbocycles. The highest BCUT2D eigenvalue weighted by Crippen LogP contribution is 2.19. The van der Waals surface area contributed by atoms with Crippen LogP contribution in [0.15, 0.2) is 30.5 Å². The lowest BCUT2D eigenvalue weighted by atomic mass is 10.1. The Labute approximate surface area is 112 Å². The maximum Gasteiger partial charge on any atom is 0.136 e. The van der Waals surface area contributed by atoms with Crippen molar-refractivity contribution in [3.63, 3.8) is 0 Å². The molecule has 5 nitrogen and oxygen atoms in total. The van der Waals surface area contributed by atoms with Crippen LogP contribution < -0.4 is 10.1 Å². The van der Waals surface area contributed by atoms with Gasteiger partial charge in [-0.15, -0.1) is 0 Å². The first-order valence-corrected chi connectivity index (χ1v) is 5.99. The maximum absolute atomic E-state index is 8.91. The SMILES string of the molecule is COc1cc(CNCc2ccn(C)n2)ccc1C#N. The normalized spacial score (nSPS) is 10.2. The van der Waals surface area contributed by atoms with Crippen LogP contribution in [0.3, 0.4) is 0 Å². The summed E-state index contributed by atoms with van der Waals surface area (Å²) in [6.07, 6.45) is 1.92. The third-order valence-electron chi connectivity index (χ3n) is 2.79. The molecule has 0 bridgehead atoms. The molecule has 0 aliphatic heterocycles. The summed E-state index contributed by atoms with van der Waals surface area (Å²) in [6.45, 7) is 1.42. The van der Waals surface area contributed by atoms with Crippen molar-refractivity contribution in [3.8, 4) is 11.8 Å². The molecule has 0 saturated heterocycles. The second kappa shape index (κ2) is 6.03. The van der Waals surface area contributed by atoms with Crippen LogP contribution in [0, 0.1) is 11.3 Å². The fourth-order valence-electron chi connectivity index (χ4n) is 1.83. The molecule has 0 radical (unpaired) electrons. The van der Waals surface area contributed by atoms with E-state index in [1.165, 1.54) is 0 Å². The molecule has 0 unspecified atom stereocenters. The highest BCUT2D eigenvalue weighted by atomic mass is 16.5. The first kappa shape index (κ1) is 13.1. The number of nitrogens with one attached hydrogen (secondary N) is 1. The first-order valence-electron chi connectivity index (χ1n) is 5.99. The van der Waals surface area contributed by atoms with Gasteiger partial charge < -0.3 is 10.1 Å². The number of hydrogen-bond donors (Lipinski definition) is 1. The van der Waals surface area contributed by atoms with Crippen LogP contribution in [0.1, 0.15) is 16.8 Å². The average molecular weight is 256 g/mol. The molecular formula is C14H16N4O. The standard InChI is InChI=1S/C14H16N4O/c1-18-6-5-13(17-18)10-16-9-11-3-4-12(8-15)14(7-11)19-2/h3-7,16H,9-10H2,1-2H3. The zero-order chi connectivity index (χ0) is 13.7. The van der Waals surface area contributed by atoms with Crippen molar-refractivity contribution in [2.75, 3.05) is 7.11 Å². The third kappa shape index (κ3) is 3.33. The van der Waals surface area contributed by atoms with E-state index in [1.807, 2.05) is 31.4 Å². The maximum atomic E-state index is 8.91. The number of nitrogens with zero attached hydrogens (tertiary/aromatic N) is 3. The van der Waals surface area contributed by atoms with Gasteiger partial charge in [0.05, 0.1) is 18.4 Å². The Kier molecular flexibility index (Phi) is 4.16. The third-order valence-corrected chi connectivity index (χ3v) is 2.79. The number of aromatic nitrogens is 2. The summed E-state index contributed by atoms with van der Waals surface area (Å²) in [6, 6.07) is 9.66. The number of ether oxygens (including phenoxy) is 1. The van der Waals surface area contributed by atoms with Gasteiger partial charge in [0.25, 0.3) is 0 Å². The number of nitriles is 1. The minimum Gasteiger partial charge on any atom is -0.495 e. The quantitative estimate of drug-likeness (QED) is 0.882. The molecule has 19 heavy (non-hydrogen) atoms. The Balaban J connectivity index is 1.94. The molecular weight excluding hydrogens is 240 g/mol. The number of hydrogen-bond acceptors (Lipinski definition) is 4. The molecule has 2 aromatic rings. The van der Waals surface area contributed by atoms with E-state index in [0.29, 0.717) is 24.4 Å². The zero-order valence-corrected chi connectivity index (χ0v) is 11.1. The molecule has 0 atom stereocenters. The lowest BCUT2D eigenvalue weighted by Gasteiger charge is -2.07. The van der Waals surface area contributed by atoms with E-state index in [2.05, 4.69) is 16.5 Å². The van der Waals surface area contributed by atoms with Crippen molar-refractivity contribution >= 4 is 0 Å². The number of methoxy groups -OCH3 is 1. The zero-order valence-electron chi connectivity index (χ0n) is 11.1. The monoisotopic (exact) mass is 256 g/mol. The van der Waals surface area contributed by atoms with E-state index in [-0.39, 0.29) is 0 Å². The highest BCUT2D eigenvalue weighted by molar-refractivity contribution is 5.45. The number of benzene rings is 1. The molecule has 0 aliphatic rings. The Hall–Kier alpha value is -2.32. The van der Waals surface area contributed by atoms with E-state index in [4.69, 9.17) is 10.00 Å². The van der Waals surface area contributed by atoms with Crippen molar-refractivity contribution in [2.45, 2.75) is 13.1 Å². The summed E-state index contributed by atoms with van der Waals surface area (Å²) >= 11 is 0. The minimum atomic E-state index is 0.552. The minimum absolute atomic E-state index is 0.552. The van der Waals surface area contributed by atoms with E-state index in [0.717, 1.165) is 11.3 Å². The van der Waals surface area contributed by atoms with Gasteiger partial charge in [0.1, 0.15) is 11.8 Å². The topological polar surface area (TPSA) is 62.9 Å². The molecule has 2 rings (SSSR count). The van der Waals surface area contributed by atoms with Gasteiger partial charge in [0, 0.05) is 26.3 Å². The summed E-state index contributed by atoms with van der Waals surface area (Å²) in [4.78, 5) is 0. The van der Waals surface area contributed by atoms with Crippen LogP contribution in [0.4, 0.5) is 0 Å². The summed E-state index contributed by atoms with van der Waals surface area (Å²) in [5.41, 5.74) is 2.63. The van der Waals surface area contributed by atoms with Crippen LogP contribution in [0.25, 0.3) is 0 Å². The van der Waals surface area contributed by atoms with E-state index >= 15 is 0 Å². The molecule has 98 valence electrons. The van der Waals surface area contributed by atoms with E-state index in [9.17, 15) is 0 Å². The van der Waals surface area contributed by atoms with Crippen LogP contribution in [0.5, 0.6) is 5.75 Å². The van der Waals surface area contributed by atoms with Crippen molar-refractivity contribution in [1.29, 1.82) is 5.26 Å². The van der Waals surface area contributed by atoms with Crippen molar-refractivity contribution in [1.82, 2.24) is 15.1 Å². The number of rotatable bonds is 5. The molecule has 5 heteroatoms. The van der Waals surface area contributed by atoms with Crippen molar-refractivity contribution in [2.24, 2.45) is 7.05 Å². The molecule has 1 heterocycles. The van der Waals surface area contributed by atoms with Crippen LogP contribution in [-0.2, 0) is 20.1 Å². The Morgan fingerprint density at radius 2 is 2.21 bits per heavy atom. The molecule has 0 fully saturated rings. The van der Waals surface area contributed by atoms with Crippen LogP contribution in [0.2, 0.25) is 0 Å². The fourth-order valence-corrected chi connectivity index (χ4v) is 1.83. The Morgan fingerprint density at radius 1 is 1.37 bits per heavy atom. The lowest BCUT2D eigenvalue weighted by Crippen LogP contribution is -2.13. The van der Waals surface area contributed by atoms with Gasteiger partial charge in [-0.1, -0.05) is 6.07 Å². The van der Waals surface area contributed by atoms with Gasteiger partial charge >= 0.3 is 0 Å². The summed E-state index contributed by atoms with van der Waals surface area (Å²) in [5.74, 6) is 0.611. The van der Waals surface area contributed by atoms with Gasteiger partial charge in [-0.2, -0.15) is 10.4 Å². The lowest BCUT2D eigenvalue weighted by molar-refractivity contribution is 0.412. The van der Waals surface area contributed by atoms with Gasteiger partial charge in [-0.05, 0) is 23.8 Å². The molecule has 0 amide bonds. The second-order valence-corrected chi connectivity index (χ2v) is 4.23. The number of aryl methyl sites for hydroxylation is 1.